The second kappa shape index (κ2) is 6.49. The van der Waals surface area contributed by atoms with Crippen LogP contribution in [0.4, 0.5) is 10.1 Å². The van der Waals surface area contributed by atoms with E-state index in [1.54, 1.807) is 12.1 Å². The average molecular weight is 352 g/mol. The van der Waals surface area contributed by atoms with E-state index < -0.39 is 17.7 Å². The fraction of sp³-hybridized carbons (Fsp3) is 0.0667. The Kier molecular flexibility index (Phi) is 4.70. The maximum absolute atomic E-state index is 13.1. The predicted octanol–water partition coefficient (Wildman–Crippen LogP) is 3.47. The smallest absolute Gasteiger partial charge is 0.337 e. The summed E-state index contributed by atoms with van der Waals surface area (Å²) in [5.74, 6) is -1.97. The zero-order valence-electron chi connectivity index (χ0n) is 10.8. The first-order valence-electron chi connectivity index (χ1n) is 6.03. The highest BCUT2D eigenvalue weighted by molar-refractivity contribution is 9.10. The molecule has 0 fully saturated rings. The second-order valence-electron chi connectivity index (χ2n) is 4.35. The number of amides is 1. The van der Waals surface area contributed by atoms with Crippen LogP contribution in [0.5, 0.6) is 0 Å². The Hall–Kier alpha value is -2.21. The van der Waals surface area contributed by atoms with Gasteiger partial charge in [0.25, 0.3) is 0 Å². The maximum Gasteiger partial charge on any atom is 0.337 e. The molecule has 0 saturated carbocycles. The topological polar surface area (TPSA) is 66.4 Å². The Morgan fingerprint density at radius 2 is 1.95 bits per heavy atom. The number of carbonyl (C=O) groups excluding carboxylic acids is 1. The molecule has 0 aromatic heterocycles. The molecule has 0 atom stereocenters. The van der Waals surface area contributed by atoms with Gasteiger partial charge in [-0.25, -0.2) is 9.18 Å². The Morgan fingerprint density at radius 3 is 2.62 bits per heavy atom. The first-order valence-corrected chi connectivity index (χ1v) is 6.82. The van der Waals surface area contributed by atoms with E-state index in [1.807, 2.05) is 0 Å². The van der Waals surface area contributed by atoms with Gasteiger partial charge >= 0.3 is 5.97 Å². The van der Waals surface area contributed by atoms with Crippen LogP contribution in [0.15, 0.2) is 46.9 Å². The van der Waals surface area contributed by atoms with Crippen molar-refractivity contribution in [3.8, 4) is 0 Å². The number of carboxylic acids is 1. The van der Waals surface area contributed by atoms with Crippen LogP contribution in [0, 0.1) is 5.82 Å². The van der Waals surface area contributed by atoms with E-state index in [-0.39, 0.29) is 17.7 Å². The molecule has 0 unspecified atom stereocenters. The van der Waals surface area contributed by atoms with Crippen molar-refractivity contribution < 1.29 is 19.1 Å². The van der Waals surface area contributed by atoms with Gasteiger partial charge in [-0.15, -0.1) is 0 Å². The molecule has 108 valence electrons. The number of carboxylic acid groups (broad SMARTS) is 1. The van der Waals surface area contributed by atoms with Crippen LogP contribution in [0.3, 0.4) is 0 Å². The molecule has 4 nitrogen and oxygen atoms in total. The van der Waals surface area contributed by atoms with Gasteiger partial charge in [-0.05, 0) is 35.9 Å². The highest BCUT2D eigenvalue weighted by Gasteiger charge is 2.13. The van der Waals surface area contributed by atoms with E-state index in [9.17, 15) is 14.0 Å². The summed E-state index contributed by atoms with van der Waals surface area (Å²) in [6.45, 7) is 0. The minimum absolute atomic E-state index is 0.00853. The van der Waals surface area contributed by atoms with Crippen LogP contribution in [0.2, 0.25) is 0 Å². The number of rotatable bonds is 4. The third kappa shape index (κ3) is 4.13. The van der Waals surface area contributed by atoms with E-state index in [0.717, 1.165) is 0 Å². The number of carbonyl (C=O) groups is 2. The lowest BCUT2D eigenvalue weighted by molar-refractivity contribution is -0.115. The average Bonchev–Trinajstić information content (AvgIpc) is 2.38. The quantitative estimate of drug-likeness (QED) is 0.886. The molecular weight excluding hydrogens is 341 g/mol. The Balaban J connectivity index is 2.16. The SMILES string of the molecule is O=C(Cc1cccc(F)c1)Nc1cc(Br)ccc1C(=O)O. The molecule has 0 aliphatic carbocycles. The van der Waals surface area contributed by atoms with E-state index in [2.05, 4.69) is 21.2 Å². The highest BCUT2D eigenvalue weighted by atomic mass is 79.9. The second-order valence-corrected chi connectivity index (χ2v) is 5.27. The maximum atomic E-state index is 13.1. The molecule has 0 spiro atoms. The van der Waals surface area contributed by atoms with E-state index >= 15 is 0 Å². The lowest BCUT2D eigenvalue weighted by Crippen LogP contribution is -2.16. The van der Waals surface area contributed by atoms with Crippen LogP contribution in [-0.2, 0) is 11.2 Å². The summed E-state index contributed by atoms with van der Waals surface area (Å²) in [4.78, 5) is 23.0. The minimum atomic E-state index is -1.14. The summed E-state index contributed by atoms with van der Waals surface area (Å²) in [5, 5.41) is 11.6. The Labute approximate surface area is 128 Å². The molecule has 0 heterocycles. The number of hydrogen-bond acceptors (Lipinski definition) is 2. The third-order valence-corrected chi connectivity index (χ3v) is 3.23. The van der Waals surface area contributed by atoms with Crippen LogP contribution < -0.4 is 5.32 Å². The van der Waals surface area contributed by atoms with Crippen molar-refractivity contribution in [2.24, 2.45) is 0 Å². The van der Waals surface area contributed by atoms with Crippen LogP contribution in [0.1, 0.15) is 15.9 Å². The van der Waals surface area contributed by atoms with Gasteiger partial charge in [0.05, 0.1) is 17.7 Å². The first-order chi connectivity index (χ1) is 9.95. The molecule has 21 heavy (non-hydrogen) atoms. The van der Waals surface area contributed by atoms with Gasteiger partial charge in [0, 0.05) is 4.47 Å². The van der Waals surface area contributed by atoms with Crippen molar-refractivity contribution in [3.05, 3.63) is 63.9 Å². The molecule has 6 heteroatoms. The van der Waals surface area contributed by atoms with E-state index in [1.165, 1.54) is 30.3 Å². The summed E-state index contributed by atoms with van der Waals surface area (Å²) in [6, 6.07) is 10.2. The number of hydrogen-bond donors (Lipinski definition) is 2. The highest BCUT2D eigenvalue weighted by Crippen LogP contribution is 2.22. The number of anilines is 1. The molecule has 2 N–H and O–H groups in total. The van der Waals surface area contributed by atoms with E-state index in [0.29, 0.717) is 10.0 Å². The summed E-state index contributed by atoms with van der Waals surface area (Å²) in [7, 11) is 0. The zero-order chi connectivity index (χ0) is 15.4. The van der Waals surface area contributed by atoms with Gasteiger partial charge in [0.2, 0.25) is 5.91 Å². The van der Waals surface area contributed by atoms with Crippen molar-refractivity contribution in [1.29, 1.82) is 0 Å². The molecular formula is C15H11BrFNO3. The summed E-state index contributed by atoms with van der Waals surface area (Å²) in [5.41, 5.74) is 0.698. The molecule has 2 rings (SSSR count). The van der Waals surface area contributed by atoms with E-state index in [4.69, 9.17) is 5.11 Å². The zero-order valence-corrected chi connectivity index (χ0v) is 12.4. The minimum Gasteiger partial charge on any atom is -0.478 e. The van der Waals surface area contributed by atoms with Crippen molar-refractivity contribution in [2.45, 2.75) is 6.42 Å². The predicted molar refractivity (Wildman–Crippen MR) is 79.8 cm³/mol. The number of halogens is 2. The van der Waals surface area contributed by atoms with Gasteiger partial charge in [0.15, 0.2) is 0 Å². The number of benzene rings is 2. The van der Waals surface area contributed by atoms with Crippen LogP contribution in [0.25, 0.3) is 0 Å². The fourth-order valence-electron chi connectivity index (χ4n) is 1.83. The summed E-state index contributed by atoms with van der Waals surface area (Å²) >= 11 is 3.22. The summed E-state index contributed by atoms with van der Waals surface area (Å²) < 4.78 is 13.7. The number of nitrogens with one attached hydrogen (secondary N) is 1. The van der Waals surface area contributed by atoms with Gasteiger partial charge < -0.3 is 10.4 Å². The molecule has 2 aromatic carbocycles. The van der Waals surface area contributed by atoms with Crippen molar-refractivity contribution in [3.63, 3.8) is 0 Å². The van der Waals surface area contributed by atoms with Gasteiger partial charge in [-0.2, -0.15) is 0 Å². The molecule has 0 radical (unpaired) electrons. The molecule has 1 amide bonds. The van der Waals surface area contributed by atoms with Gasteiger partial charge in [-0.3, -0.25) is 4.79 Å². The Morgan fingerprint density at radius 1 is 1.19 bits per heavy atom. The fourth-order valence-corrected chi connectivity index (χ4v) is 2.19. The largest absolute Gasteiger partial charge is 0.478 e. The monoisotopic (exact) mass is 351 g/mol. The Bertz CT molecular complexity index is 703. The van der Waals surface area contributed by atoms with Crippen LogP contribution >= 0.6 is 15.9 Å². The van der Waals surface area contributed by atoms with Crippen molar-refractivity contribution in [1.82, 2.24) is 0 Å². The molecule has 0 aliphatic rings. The number of aromatic carboxylic acids is 1. The van der Waals surface area contributed by atoms with Gasteiger partial charge in [-0.1, -0.05) is 28.1 Å². The third-order valence-electron chi connectivity index (χ3n) is 2.74. The normalized spacial score (nSPS) is 10.2. The van der Waals surface area contributed by atoms with Crippen LogP contribution in [-0.4, -0.2) is 17.0 Å². The lowest BCUT2D eigenvalue weighted by Gasteiger charge is -2.09. The molecule has 0 saturated heterocycles. The lowest BCUT2D eigenvalue weighted by atomic mass is 10.1. The molecule has 0 aliphatic heterocycles. The standard InChI is InChI=1S/C15H11BrFNO3/c16-10-4-5-12(15(20)21)13(8-10)18-14(19)7-9-2-1-3-11(17)6-9/h1-6,8H,7H2,(H,18,19)(H,20,21). The first kappa shape index (κ1) is 15.2. The molecule has 0 bridgehead atoms. The van der Waals surface area contributed by atoms with Gasteiger partial charge in [0.1, 0.15) is 5.82 Å². The van der Waals surface area contributed by atoms with Crippen molar-refractivity contribution >= 4 is 33.5 Å². The van der Waals surface area contributed by atoms with Crippen molar-refractivity contribution in [2.75, 3.05) is 5.32 Å². The summed E-state index contributed by atoms with van der Waals surface area (Å²) in [6.07, 6.45) is -0.0384. The molecule has 2 aromatic rings.